The zero-order chi connectivity index (χ0) is 22.6. The van der Waals surface area contributed by atoms with Gasteiger partial charge in [-0.05, 0) is 59.3 Å². The summed E-state index contributed by atoms with van der Waals surface area (Å²) in [7, 11) is 0. The molecule has 4 fully saturated rings. The van der Waals surface area contributed by atoms with Crippen LogP contribution >= 0.6 is 0 Å². The summed E-state index contributed by atoms with van der Waals surface area (Å²) in [6.07, 6.45) is 5.34. The first-order chi connectivity index (χ1) is 14.6. The number of alkyl carbamates (subject to hydrolysis) is 1. The quantitative estimate of drug-likeness (QED) is 0.673. The maximum absolute atomic E-state index is 13.6. The Labute approximate surface area is 184 Å². The smallest absolute Gasteiger partial charge is 0.408 e. The zero-order valence-electron chi connectivity index (χ0n) is 19.1. The van der Waals surface area contributed by atoms with Crippen LogP contribution in [0, 0.1) is 11.3 Å². The fraction of sp³-hybridized carbons (Fsp3) is 0.826. The summed E-state index contributed by atoms with van der Waals surface area (Å²) in [6, 6.07) is -1.20. The standard InChI is InChI=1S/C23H35N3O5/c1-5-7-15(24-21(30)31-22(2,3)4)19(28)25-13-10-16-17(25)23(11-6-12-23)20(29)26(16)18(27)14-8-9-14/h14-17H,5-13H2,1-4H3,(H,24,30)/t15-,16-,17-/m0/s1. The Bertz CT molecular complexity index is 781. The normalized spacial score (nSPS) is 27.7. The van der Waals surface area contributed by atoms with E-state index < -0.39 is 23.2 Å². The summed E-state index contributed by atoms with van der Waals surface area (Å²) in [5.74, 6) is -0.309. The average Bonchev–Trinajstić information content (AvgIpc) is 3.34. The SMILES string of the molecule is CCC[C@H](NC(=O)OC(C)(C)C)C(=O)N1CC[C@H]2[C@H]1C1(CCC1)C(=O)N2C(=O)C1CC1. The Kier molecular flexibility index (Phi) is 5.54. The molecule has 4 aliphatic rings. The highest BCUT2D eigenvalue weighted by Gasteiger charge is 2.68. The number of nitrogens with zero attached hydrogens (tertiary/aromatic N) is 2. The molecule has 1 N–H and O–H groups in total. The Morgan fingerprint density at radius 1 is 1.19 bits per heavy atom. The van der Waals surface area contributed by atoms with Gasteiger partial charge in [0.15, 0.2) is 0 Å². The molecule has 8 nitrogen and oxygen atoms in total. The van der Waals surface area contributed by atoms with Crippen LogP contribution in [0.25, 0.3) is 0 Å². The first-order valence-electron chi connectivity index (χ1n) is 11.8. The van der Waals surface area contributed by atoms with Crippen molar-refractivity contribution in [3.05, 3.63) is 0 Å². The molecule has 2 saturated carbocycles. The third-order valence-electron chi connectivity index (χ3n) is 7.17. The van der Waals surface area contributed by atoms with E-state index in [1.165, 1.54) is 4.90 Å². The Hall–Kier alpha value is -2.12. The maximum Gasteiger partial charge on any atom is 0.408 e. The number of carbonyl (C=O) groups excluding carboxylic acids is 4. The summed E-state index contributed by atoms with van der Waals surface area (Å²) >= 11 is 0. The number of amides is 4. The van der Waals surface area contributed by atoms with E-state index >= 15 is 0 Å². The van der Waals surface area contributed by atoms with Gasteiger partial charge in [0, 0.05) is 12.5 Å². The van der Waals surface area contributed by atoms with E-state index in [1.54, 1.807) is 25.7 Å². The number of carbonyl (C=O) groups is 4. The molecule has 172 valence electrons. The lowest BCUT2D eigenvalue weighted by Crippen LogP contribution is -2.57. The van der Waals surface area contributed by atoms with Crippen molar-refractivity contribution in [1.29, 1.82) is 0 Å². The highest BCUT2D eigenvalue weighted by Crippen LogP contribution is 2.56. The van der Waals surface area contributed by atoms with E-state index in [-0.39, 0.29) is 35.7 Å². The van der Waals surface area contributed by atoms with Crippen LogP contribution in [0.3, 0.4) is 0 Å². The predicted octanol–water partition coefficient (Wildman–Crippen LogP) is 2.60. The summed E-state index contributed by atoms with van der Waals surface area (Å²) in [6.45, 7) is 7.82. The van der Waals surface area contributed by atoms with Gasteiger partial charge in [-0.1, -0.05) is 19.8 Å². The molecule has 2 saturated heterocycles. The molecular weight excluding hydrogens is 398 g/mol. The van der Waals surface area contributed by atoms with Gasteiger partial charge in [-0.2, -0.15) is 0 Å². The van der Waals surface area contributed by atoms with Gasteiger partial charge in [-0.25, -0.2) is 4.79 Å². The van der Waals surface area contributed by atoms with Gasteiger partial charge < -0.3 is 15.0 Å². The lowest BCUT2D eigenvalue weighted by molar-refractivity contribution is -0.152. The van der Waals surface area contributed by atoms with Crippen LogP contribution in [0.2, 0.25) is 0 Å². The van der Waals surface area contributed by atoms with Gasteiger partial charge in [0.1, 0.15) is 11.6 Å². The molecule has 4 rings (SSSR count). The number of imide groups is 1. The summed E-state index contributed by atoms with van der Waals surface area (Å²) < 4.78 is 5.36. The third kappa shape index (κ3) is 3.82. The maximum atomic E-state index is 13.6. The Morgan fingerprint density at radius 3 is 2.39 bits per heavy atom. The van der Waals surface area contributed by atoms with E-state index in [0.29, 0.717) is 19.4 Å². The van der Waals surface area contributed by atoms with E-state index in [2.05, 4.69) is 5.32 Å². The van der Waals surface area contributed by atoms with E-state index in [1.807, 2.05) is 6.92 Å². The van der Waals surface area contributed by atoms with Gasteiger partial charge in [0.25, 0.3) is 0 Å². The molecule has 0 aromatic heterocycles. The van der Waals surface area contributed by atoms with Crippen LogP contribution in [-0.4, -0.2) is 63.9 Å². The Balaban J connectivity index is 1.54. The van der Waals surface area contributed by atoms with Crippen molar-refractivity contribution in [3.8, 4) is 0 Å². The van der Waals surface area contributed by atoms with Crippen molar-refractivity contribution in [1.82, 2.24) is 15.1 Å². The number of fused-ring (bicyclic) bond motifs is 2. The molecule has 0 radical (unpaired) electrons. The van der Waals surface area contributed by atoms with Gasteiger partial charge >= 0.3 is 6.09 Å². The van der Waals surface area contributed by atoms with Crippen molar-refractivity contribution in [2.24, 2.45) is 11.3 Å². The van der Waals surface area contributed by atoms with E-state index in [9.17, 15) is 19.2 Å². The fourth-order valence-corrected chi connectivity index (χ4v) is 5.53. The second-order valence-electron chi connectivity index (χ2n) is 10.6. The second-order valence-corrected chi connectivity index (χ2v) is 10.6. The molecular formula is C23H35N3O5. The molecule has 31 heavy (non-hydrogen) atoms. The number of ether oxygens (including phenoxy) is 1. The van der Waals surface area contributed by atoms with Gasteiger partial charge in [0.2, 0.25) is 17.7 Å². The van der Waals surface area contributed by atoms with Crippen LogP contribution < -0.4 is 5.32 Å². The molecule has 0 unspecified atom stereocenters. The summed E-state index contributed by atoms with van der Waals surface area (Å²) in [5.41, 5.74) is -1.27. The average molecular weight is 434 g/mol. The van der Waals surface area contributed by atoms with Crippen molar-refractivity contribution >= 4 is 23.8 Å². The molecule has 8 heteroatoms. The third-order valence-corrected chi connectivity index (χ3v) is 7.17. The molecule has 0 bridgehead atoms. The molecule has 2 heterocycles. The minimum atomic E-state index is -0.695. The number of hydrogen-bond donors (Lipinski definition) is 1. The van der Waals surface area contributed by atoms with Crippen molar-refractivity contribution < 1.29 is 23.9 Å². The van der Waals surface area contributed by atoms with Crippen LogP contribution in [-0.2, 0) is 19.1 Å². The number of nitrogens with one attached hydrogen (secondary N) is 1. The van der Waals surface area contributed by atoms with Crippen molar-refractivity contribution in [2.45, 2.75) is 103 Å². The highest BCUT2D eigenvalue weighted by molar-refractivity contribution is 6.04. The number of hydrogen-bond acceptors (Lipinski definition) is 5. The first kappa shape index (κ1) is 22.1. The number of rotatable bonds is 5. The molecule has 0 aromatic rings. The first-order valence-corrected chi connectivity index (χ1v) is 11.8. The lowest BCUT2D eigenvalue weighted by atomic mass is 9.64. The molecule has 4 amide bonds. The van der Waals surface area contributed by atoms with Gasteiger partial charge in [0.05, 0.1) is 17.5 Å². The van der Waals surface area contributed by atoms with Crippen LogP contribution in [0.1, 0.15) is 79.1 Å². The highest BCUT2D eigenvalue weighted by atomic mass is 16.6. The van der Waals surface area contributed by atoms with Gasteiger partial charge in [-0.3, -0.25) is 19.3 Å². The minimum absolute atomic E-state index is 0.0220. The van der Waals surface area contributed by atoms with Gasteiger partial charge in [-0.15, -0.1) is 0 Å². The monoisotopic (exact) mass is 433 g/mol. The summed E-state index contributed by atoms with van der Waals surface area (Å²) in [4.78, 5) is 55.5. The number of likely N-dealkylation sites (tertiary alicyclic amines) is 2. The molecule has 1 spiro atoms. The molecule has 0 aromatic carbocycles. The largest absolute Gasteiger partial charge is 0.444 e. The predicted molar refractivity (Wildman–Crippen MR) is 113 cm³/mol. The van der Waals surface area contributed by atoms with Crippen molar-refractivity contribution in [2.75, 3.05) is 6.54 Å². The van der Waals surface area contributed by atoms with Crippen molar-refractivity contribution in [3.63, 3.8) is 0 Å². The second kappa shape index (κ2) is 7.78. The van der Waals surface area contributed by atoms with Crippen LogP contribution in [0.5, 0.6) is 0 Å². The Morgan fingerprint density at radius 2 is 1.87 bits per heavy atom. The zero-order valence-corrected chi connectivity index (χ0v) is 19.1. The summed E-state index contributed by atoms with van der Waals surface area (Å²) in [5, 5.41) is 2.75. The molecule has 3 atom stereocenters. The minimum Gasteiger partial charge on any atom is -0.444 e. The fourth-order valence-electron chi connectivity index (χ4n) is 5.53. The van der Waals surface area contributed by atoms with Crippen LogP contribution in [0.4, 0.5) is 4.79 Å². The topological polar surface area (TPSA) is 96.0 Å². The lowest BCUT2D eigenvalue weighted by Gasteiger charge is -2.44. The van der Waals surface area contributed by atoms with E-state index in [4.69, 9.17) is 4.74 Å². The van der Waals surface area contributed by atoms with Crippen LogP contribution in [0.15, 0.2) is 0 Å². The molecule has 2 aliphatic carbocycles. The molecule has 2 aliphatic heterocycles. The van der Waals surface area contributed by atoms with E-state index in [0.717, 1.165) is 38.5 Å².